The third kappa shape index (κ3) is 5.34. The van der Waals surface area contributed by atoms with Crippen molar-refractivity contribution in [1.82, 2.24) is 10.6 Å². The van der Waals surface area contributed by atoms with Crippen LogP contribution in [0.15, 0.2) is 23.2 Å². The highest BCUT2D eigenvalue weighted by atomic mass is 16.5. The van der Waals surface area contributed by atoms with E-state index in [0.29, 0.717) is 12.6 Å². The van der Waals surface area contributed by atoms with E-state index in [2.05, 4.69) is 35.5 Å². The third-order valence-electron chi connectivity index (χ3n) is 3.93. The molecule has 1 aliphatic carbocycles. The van der Waals surface area contributed by atoms with Gasteiger partial charge in [0.25, 0.3) is 0 Å². The van der Waals surface area contributed by atoms with Crippen LogP contribution in [0, 0.1) is 0 Å². The summed E-state index contributed by atoms with van der Waals surface area (Å²) >= 11 is 0. The predicted octanol–water partition coefficient (Wildman–Crippen LogP) is 3.09. The molecule has 0 spiro atoms. The maximum absolute atomic E-state index is 6.07. The van der Waals surface area contributed by atoms with Crippen molar-refractivity contribution in [1.29, 1.82) is 0 Å². The topological polar surface area (TPSA) is 54.9 Å². The number of hydrogen-bond acceptors (Lipinski definition) is 3. The Balaban J connectivity index is 2.03. The molecule has 0 radical (unpaired) electrons. The van der Waals surface area contributed by atoms with Crippen LogP contribution < -0.4 is 20.1 Å². The zero-order valence-electron chi connectivity index (χ0n) is 14.5. The summed E-state index contributed by atoms with van der Waals surface area (Å²) in [5.41, 5.74) is 1.11. The molecule has 0 unspecified atom stereocenters. The Hall–Kier alpha value is -1.91. The van der Waals surface area contributed by atoms with E-state index in [4.69, 9.17) is 9.47 Å². The number of nitrogens with one attached hydrogen (secondary N) is 2. The molecular formula is C18H29N3O2. The van der Waals surface area contributed by atoms with Crippen molar-refractivity contribution in [2.24, 2.45) is 4.99 Å². The SMILES string of the molecule is CCNC(=NCc1ccc(OC2CCCC2)c(OC)c1)NCC. The van der Waals surface area contributed by atoms with Gasteiger partial charge in [-0.1, -0.05) is 6.07 Å². The van der Waals surface area contributed by atoms with Crippen LogP contribution in [0.1, 0.15) is 45.1 Å². The molecule has 5 heteroatoms. The fourth-order valence-corrected chi connectivity index (χ4v) is 2.77. The Morgan fingerprint density at radius 2 is 1.83 bits per heavy atom. The lowest BCUT2D eigenvalue weighted by molar-refractivity contribution is 0.200. The second kappa shape index (κ2) is 9.28. The molecule has 0 saturated heterocycles. The highest BCUT2D eigenvalue weighted by Gasteiger charge is 2.18. The molecule has 0 atom stereocenters. The van der Waals surface area contributed by atoms with Gasteiger partial charge in [0.15, 0.2) is 17.5 Å². The molecule has 1 aromatic carbocycles. The van der Waals surface area contributed by atoms with Gasteiger partial charge >= 0.3 is 0 Å². The van der Waals surface area contributed by atoms with Crippen LogP contribution in [-0.2, 0) is 6.54 Å². The minimum Gasteiger partial charge on any atom is -0.493 e. The molecule has 1 aliphatic rings. The minimum absolute atomic E-state index is 0.335. The molecule has 5 nitrogen and oxygen atoms in total. The van der Waals surface area contributed by atoms with Crippen LogP contribution in [0.2, 0.25) is 0 Å². The Morgan fingerprint density at radius 1 is 1.13 bits per heavy atom. The molecule has 0 aromatic heterocycles. The second-order valence-electron chi connectivity index (χ2n) is 5.74. The van der Waals surface area contributed by atoms with Crippen LogP contribution >= 0.6 is 0 Å². The summed E-state index contributed by atoms with van der Waals surface area (Å²) in [6.45, 7) is 6.43. The quantitative estimate of drug-likeness (QED) is 0.599. The van der Waals surface area contributed by atoms with E-state index < -0.39 is 0 Å². The number of methoxy groups -OCH3 is 1. The van der Waals surface area contributed by atoms with E-state index in [1.54, 1.807) is 7.11 Å². The van der Waals surface area contributed by atoms with Crippen LogP contribution in [-0.4, -0.2) is 32.3 Å². The molecular weight excluding hydrogens is 290 g/mol. The van der Waals surface area contributed by atoms with E-state index in [0.717, 1.165) is 49.0 Å². The van der Waals surface area contributed by atoms with Crippen LogP contribution in [0.5, 0.6) is 11.5 Å². The van der Waals surface area contributed by atoms with Gasteiger partial charge in [-0.25, -0.2) is 4.99 Å². The number of aliphatic imine (C=N–C) groups is 1. The van der Waals surface area contributed by atoms with Gasteiger partial charge in [-0.2, -0.15) is 0 Å². The first kappa shape index (κ1) is 17.4. The molecule has 1 fully saturated rings. The van der Waals surface area contributed by atoms with Crippen LogP contribution in [0.3, 0.4) is 0 Å². The van der Waals surface area contributed by atoms with Crippen molar-refractivity contribution < 1.29 is 9.47 Å². The lowest BCUT2D eigenvalue weighted by Crippen LogP contribution is -2.36. The number of guanidine groups is 1. The van der Waals surface area contributed by atoms with Gasteiger partial charge in [-0.3, -0.25) is 0 Å². The van der Waals surface area contributed by atoms with Crippen molar-refractivity contribution in [2.75, 3.05) is 20.2 Å². The van der Waals surface area contributed by atoms with E-state index in [1.165, 1.54) is 12.8 Å². The number of nitrogens with zero attached hydrogens (tertiary/aromatic N) is 1. The average Bonchev–Trinajstić information content (AvgIpc) is 3.07. The first-order chi connectivity index (χ1) is 11.3. The standard InChI is InChI=1S/C18H29N3O2/c1-4-19-18(20-5-2)21-13-14-10-11-16(17(12-14)22-3)23-15-8-6-7-9-15/h10-12,15H,4-9,13H2,1-3H3,(H2,19,20,21). The summed E-state index contributed by atoms with van der Waals surface area (Å²) in [6.07, 6.45) is 5.14. The predicted molar refractivity (Wildman–Crippen MR) is 94.4 cm³/mol. The summed E-state index contributed by atoms with van der Waals surface area (Å²) in [5, 5.41) is 6.45. The van der Waals surface area contributed by atoms with Crippen molar-refractivity contribution in [3.8, 4) is 11.5 Å². The van der Waals surface area contributed by atoms with Gasteiger partial charge in [0, 0.05) is 13.1 Å². The molecule has 1 aromatic rings. The van der Waals surface area contributed by atoms with Crippen molar-refractivity contribution in [2.45, 2.75) is 52.2 Å². The van der Waals surface area contributed by atoms with Crippen LogP contribution in [0.25, 0.3) is 0 Å². The molecule has 128 valence electrons. The maximum atomic E-state index is 6.07. The minimum atomic E-state index is 0.335. The van der Waals surface area contributed by atoms with E-state index in [1.807, 2.05) is 12.1 Å². The molecule has 0 heterocycles. The Kier molecular flexibility index (Phi) is 7.04. The zero-order valence-corrected chi connectivity index (χ0v) is 14.5. The van der Waals surface area contributed by atoms with E-state index in [-0.39, 0.29) is 0 Å². The maximum Gasteiger partial charge on any atom is 0.191 e. The van der Waals surface area contributed by atoms with Gasteiger partial charge in [-0.05, 0) is 57.2 Å². The number of rotatable bonds is 7. The largest absolute Gasteiger partial charge is 0.493 e. The van der Waals surface area contributed by atoms with Gasteiger partial charge in [-0.15, -0.1) is 0 Å². The van der Waals surface area contributed by atoms with Gasteiger partial charge in [0.2, 0.25) is 0 Å². The highest BCUT2D eigenvalue weighted by Crippen LogP contribution is 2.32. The molecule has 1 saturated carbocycles. The molecule has 0 amide bonds. The zero-order chi connectivity index (χ0) is 16.5. The third-order valence-corrected chi connectivity index (χ3v) is 3.93. The molecule has 2 N–H and O–H groups in total. The summed E-state index contributed by atoms with van der Waals surface area (Å²) < 4.78 is 11.6. The Labute approximate surface area is 139 Å². The number of hydrogen-bond donors (Lipinski definition) is 2. The number of ether oxygens (including phenoxy) is 2. The smallest absolute Gasteiger partial charge is 0.191 e. The van der Waals surface area contributed by atoms with Crippen molar-refractivity contribution in [3.05, 3.63) is 23.8 Å². The number of benzene rings is 1. The van der Waals surface area contributed by atoms with Crippen molar-refractivity contribution >= 4 is 5.96 Å². The van der Waals surface area contributed by atoms with Gasteiger partial charge < -0.3 is 20.1 Å². The molecule has 23 heavy (non-hydrogen) atoms. The average molecular weight is 319 g/mol. The van der Waals surface area contributed by atoms with Gasteiger partial charge in [0.1, 0.15) is 0 Å². The summed E-state index contributed by atoms with van der Waals surface area (Å²) in [6, 6.07) is 6.08. The van der Waals surface area contributed by atoms with E-state index >= 15 is 0 Å². The highest BCUT2D eigenvalue weighted by molar-refractivity contribution is 5.79. The lowest BCUT2D eigenvalue weighted by Gasteiger charge is -2.16. The van der Waals surface area contributed by atoms with E-state index in [9.17, 15) is 0 Å². The summed E-state index contributed by atoms with van der Waals surface area (Å²) in [5.74, 6) is 2.46. The summed E-state index contributed by atoms with van der Waals surface area (Å²) in [4.78, 5) is 4.58. The molecule has 0 aliphatic heterocycles. The first-order valence-electron chi connectivity index (χ1n) is 8.62. The fourth-order valence-electron chi connectivity index (χ4n) is 2.77. The molecule has 2 rings (SSSR count). The normalized spacial score (nSPS) is 14.4. The Morgan fingerprint density at radius 3 is 2.43 bits per heavy atom. The monoisotopic (exact) mass is 319 g/mol. The summed E-state index contributed by atoms with van der Waals surface area (Å²) in [7, 11) is 1.69. The fraction of sp³-hybridized carbons (Fsp3) is 0.611. The lowest BCUT2D eigenvalue weighted by atomic mass is 10.2. The second-order valence-corrected chi connectivity index (χ2v) is 5.74. The van der Waals surface area contributed by atoms with Crippen molar-refractivity contribution in [3.63, 3.8) is 0 Å². The molecule has 0 bridgehead atoms. The first-order valence-corrected chi connectivity index (χ1v) is 8.62. The van der Waals surface area contributed by atoms with Crippen LogP contribution in [0.4, 0.5) is 0 Å². The van der Waals surface area contributed by atoms with Gasteiger partial charge in [0.05, 0.1) is 19.8 Å². The Bertz CT molecular complexity index is 503.